The van der Waals surface area contributed by atoms with Crippen molar-refractivity contribution in [3.8, 4) is 10.6 Å². The summed E-state index contributed by atoms with van der Waals surface area (Å²) in [6.07, 6.45) is 0.261. The molecule has 13 heteroatoms. The number of halogens is 1. The molecule has 3 rings (SSSR count). The van der Waals surface area contributed by atoms with Crippen molar-refractivity contribution in [2.45, 2.75) is 19.4 Å². The van der Waals surface area contributed by atoms with E-state index in [0.29, 0.717) is 22.1 Å². The van der Waals surface area contributed by atoms with Gasteiger partial charge < -0.3 is 10.1 Å². The SMILES string of the molecule is CC(=O)NC[C@H]1CN(c2ccc(-c3nnc(CCNS(C)(=O)=O)s3)c(F)c2)C(=O)O1. The maximum absolute atomic E-state index is 14.7. The number of amides is 2. The van der Waals surface area contributed by atoms with E-state index >= 15 is 0 Å². The first kappa shape index (κ1) is 22.1. The van der Waals surface area contributed by atoms with Crippen LogP contribution >= 0.6 is 11.3 Å². The van der Waals surface area contributed by atoms with Gasteiger partial charge in [0.15, 0.2) is 5.01 Å². The van der Waals surface area contributed by atoms with Crippen molar-refractivity contribution < 1.29 is 27.1 Å². The van der Waals surface area contributed by atoms with Gasteiger partial charge in [0.05, 0.1) is 25.0 Å². The fourth-order valence-corrected chi connectivity index (χ4v) is 4.09. The number of rotatable bonds is 8. The molecule has 0 aliphatic carbocycles. The Morgan fingerprint density at radius 1 is 1.40 bits per heavy atom. The molecule has 0 bridgehead atoms. The van der Waals surface area contributed by atoms with Gasteiger partial charge in [0.25, 0.3) is 0 Å². The Balaban J connectivity index is 1.67. The van der Waals surface area contributed by atoms with Crippen LogP contribution in [-0.4, -0.2) is 62.6 Å². The Kier molecular flexibility index (Phi) is 6.63. The van der Waals surface area contributed by atoms with Crippen LogP contribution in [0.1, 0.15) is 11.9 Å². The minimum Gasteiger partial charge on any atom is -0.442 e. The van der Waals surface area contributed by atoms with Crippen LogP contribution in [0.5, 0.6) is 0 Å². The second kappa shape index (κ2) is 9.02. The van der Waals surface area contributed by atoms with Gasteiger partial charge in [0, 0.05) is 25.5 Å². The number of ether oxygens (including phenoxy) is 1. The smallest absolute Gasteiger partial charge is 0.414 e. The first-order chi connectivity index (χ1) is 14.1. The Hall–Kier alpha value is -2.64. The van der Waals surface area contributed by atoms with Gasteiger partial charge in [-0.1, -0.05) is 11.3 Å². The van der Waals surface area contributed by atoms with Crippen molar-refractivity contribution in [2.75, 3.05) is 30.8 Å². The summed E-state index contributed by atoms with van der Waals surface area (Å²) >= 11 is 1.16. The van der Waals surface area contributed by atoms with Crippen LogP contribution in [-0.2, 0) is 26.0 Å². The molecule has 30 heavy (non-hydrogen) atoms. The summed E-state index contributed by atoms with van der Waals surface area (Å²) in [6.45, 7) is 1.91. The molecule has 1 aliphatic rings. The van der Waals surface area contributed by atoms with Crippen LogP contribution in [0.4, 0.5) is 14.9 Å². The van der Waals surface area contributed by atoms with Crippen LogP contribution in [0.2, 0.25) is 0 Å². The van der Waals surface area contributed by atoms with Crippen molar-refractivity contribution in [1.82, 2.24) is 20.2 Å². The highest BCUT2D eigenvalue weighted by atomic mass is 32.2. The summed E-state index contributed by atoms with van der Waals surface area (Å²) < 4.78 is 44.4. The van der Waals surface area contributed by atoms with Crippen molar-refractivity contribution in [1.29, 1.82) is 0 Å². The molecule has 2 N–H and O–H groups in total. The van der Waals surface area contributed by atoms with Gasteiger partial charge >= 0.3 is 6.09 Å². The lowest BCUT2D eigenvalue weighted by atomic mass is 10.2. The van der Waals surface area contributed by atoms with Crippen LogP contribution < -0.4 is 14.9 Å². The molecule has 1 aromatic carbocycles. The summed E-state index contributed by atoms with van der Waals surface area (Å²) in [4.78, 5) is 24.4. The largest absolute Gasteiger partial charge is 0.442 e. The van der Waals surface area contributed by atoms with Crippen LogP contribution in [0, 0.1) is 5.82 Å². The number of hydrogen-bond acceptors (Lipinski definition) is 8. The van der Waals surface area contributed by atoms with Gasteiger partial charge in [0.2, 0.25) is 15.9 Å². The van der Waals surface area contributed by atoms with Crippen molar-refractivity contribution in [2.24, 2.45) is 0 Å². The van der Waals surface area contributed by atoms with E-state index in [1.165, 1.54) is 24.0 Å². The second-order valence-corrected chi connectivity index (χ2v) is 9.53. The maximum atomic E-state index is 14.7. The van der Waals surface area contributed by atoms with Gasteiger partial charge in [-0.3, -0.25) is 9.69 Å². The molecule has 1 saturated heterocycles. The number of anilines is 1. The Labute approximate surface area is 176 Å². The number of cyclic esters (lactones) is 1. The molecule has 1 aliphatic heterocycles. The van der Waals surface area contributed by atoms with E-state index in [1.807, 2.05) is 0 Å². The fraction of sp³-hybridized carbons (Fsp3) is 0.412. The minimum atomic E-state index is -3.29. The fourth-order valence-electron chi connectivity index (χ4n) is 2.75. The summed E-state index contributed by atoms with van der Waals surface area (Å²) in [7, 11) is -3.29. The third kappa shape index (κ3) is 5.70. The topological polar surface area (TPSA) is 131 Å². The highest BCUT2D eigenvalue weighted by Gasteiger charge is 2.32. The van der Waals surface area contributed by atoms with Gasteiger partial charge in [-0.2, -0.15) is 0 Å². The second-order valence-electron chi connectivity index (χ2n) is 6.64. The zero-order valence-corrected chi connectivity index (χ0v) is 17.8. The molecule has 2 aromatic rings. The lowest BCUT2D eigenvalue weighted by Crippen LogP contribution is -2.33. The molecule has 0 spiro atoms. The monoisotopic (exact) mass is 457 g/mol. The number of sulfonamides is 1. The van der Waals surface area contributed by atoms with E-state index in [2.05, 4.69) is 20.2 Å². The van der Waals surface area contributed by atoms with Gasteiger partial charge in [-0.25, -0.2) is 22.3 Å². The molecule has 0 unspecified atom stereocenters. The lowest BCUT2D eigenvalue weighted by Gasteiger charge is -2.14. The molecule has 0 radical (unpaired) electrons. The molecule has 10 nitrogen and oxygen atoms in total. The van der Waals surface area contributed by atoms with Gasteiger partial charge in [0.1, 0.15) is 16.9 Å². The predicted octanol–water partition coefficient (Wildman–Crippen LogP) is 0.897. The van der Waals surface area contributed by atoms with Gasteiger partial charge in [-0.15, -0.1) is 10.2 Å². The molecule has 1 fully saturated rings. The van der Waals surface area contributed by atoms with Crippen LogP contribution in [0.25, 0.3) is 10.6 Å². The van der Waals surface area contributed by atoms with Gasteiger partial charge in [-0.05, 0) is 18.2 Å². The molecule has 1 aromatic heterocycles. The average Bonchev–Trinajstić information content (AvgIpc) is 3.25. The highest BCUT2D eigenvalue weighted by molar-refractivity contribution is 7.88. The predicted molar refractivity (Wildman–Crippen MR) is 108 cm³/mol. The Bertz CT molecular complexity index is 1060. The first-order valence-electron chi connectivity index (χ1n) is 8.92. The van der Waals surface area contributed by atoms with E-state index in [9.17, 15) is 22.4 Å². The third-order valence-electron chi connectivity index (χ3n) is 4.12. The number of aromatic nitrogens is 2. The highest BCUT2D eigenvalue weighted by Crippen LogP contribution is 2.30. The number of benzene rings is 1. The molecule has 0 saturated carbocycles. The molecular weight excluding hydrogens is 437 g/mol. The number of nitrogens with zero attached hydrogens (tertiary/aromatic N) is 3. The van der Waals surface area contributed by atoms with Crippen molar-refractivity contribution in [3.05, 3.63) is 29.0 Å². The molecular formula is C17H20FN5O5S2. The summed E-state index contributed by atoms with van der Waals surface area (Å²) in [5, 5.41) is 11.4. The summed E-state index contributed by atoms with van der Waals surface area (Å²) in [6, 6.07) is 4.29. The molecule has 2 heterocycles. The summed E-state index contributed by atoms with van der Waals surface area (Å²) in [5.74, 6) is -0.814. The van der Waals surface area contributed by atoms with E-state index in [0.717, 1.165) is 17.6 Å². The lowest BCUT2D eigenvalue weighted by molar-refractivity contribution is -0.119. The van der Waals surface area contributed by atoms with E-state index in [1.54, 1.807) is 6.07 Å². The quantitative estimate of drug-likeness (QED) is 0.602. The minimum absolute atomic E-state index is 0.172. The number of carbonyl (C=O) groups excluding carboxylic acids is 2. The maximum Gasteiger partial charge on any atom is 0.414 e. The molecule has 162 valence electrons. The Morgan fingerprint density at radius 2 is 2.17 bits per heavy atom. The third-order valence-corrected chi connectivity index (χ3v) is 5.86. The first-order valence-corrected chi connectivity index (χ1v) is 11.6. The Morgan fingerprint density at radius 3 is 2.83 bits per heavy atom. The number of hydrogen-bond donors (Lipinski definition) is 2. The summed E-state index contributed by atoms with van der Waals surface area (Å²) in [5.41, 5.74) is 0.551. The number of carbonyl (C=O) groups is 2. The standard InChI is InChI=1S/C17H20FN5O5S2/c1-10(24)19-8-12-9-23(17(25)28-12)11-3-4-13(14(18)7-11)16-22-21-15(29-16)5-6-20-30(2,26)27/h3-4,7,12,20H,5-6,8-9H2,1-2H3,(H,19,24)/t12-/m0/s1. The zero-order valence-electron chi connectivity index (χ0n) is 16.2. The van der Waals surface area contributed by atoms with Crippen LogP contribution in [0.15, 0.2) is 18.2 Å². The average molecular weight is 458 g/mol. The van der Waals surface area contributed by atoms with Crippen molar-refractivity contribution >= 4 is 39.0 Å². The zero-order chi connectivity index (χ0) is 21.9. The number of nitrogens with one attached hydrogen (secondary N) is 2. The van der Waals surface area contributed by atoms with E-state index < -0.39 is 28.0 Å². The van der Waals surface area contributed by atoms with Crippen molar-refractivity contribution in [3.63, 3.8) is 0 Å². The molecule has 1 atom stereocenters. The molecule has 2 amide bonds. The van der Waals surface area contributed by atoms with Crippen LogP contribution in [0.3, 0.4) is 0 Å². The van der Waals surface area contributed by atoms with E-state index in [4.69, 9.17) is 4.74 Å². The van der Waals surface area contributed by atoms with E-state index in [-0.39, 0.29) is 31.1 Å². The normalized spacial score (nSPS) is 16.6.